The first-order valence-corrected chi connectivity index (χ1v) is 12.3. The lowest BCUT2D eigenvalue weighted by Crippen LogP contribution is -2.58. The maximum atomic E-state index is 12.2. The number of nitrogens with one attached hydrogen (secondary N) is 1. The summed E-state index contributed by atoms with van der Waals surface area (Å²) < 4.78 is 0. The van der Waals surface area contributed by atoms with Gasteiger partial charge in [0.15, 0.2) is 0 Å². The van der Waals surface area contributed by atoms with E-state index in [0.717, 1.165) is 49.6 Å². The standard InChI is InChI=1S/C23H30ClN5OS/c1-15(2)27-22(19(12-30)17-4-6-18(24)7-5-17)28-8-10-29(11-9-28)23-21-16(3)31-13-20(21)25-14-26-23/h4-7,12,14-16,19,22,27H,8-11,13H2,1-3H3/t16-,19?,22?/m0/s1. The van der Waals surface area contributed by atoms with Crippen LogP contribution in [0.2, 0.25) is 5.02 Å². The molecule has 6 nitrogen and oxygen atoms in total. The number of nitrogens with zero attached hydrogens (tertiary/aromatic N) is 4. The number of benzene rings is 1. The number of thioether (sulfide) groups is 1. The topological polar surface area (TPSA) is 61.4 Å². The van der Waals surface area contributed by atoms with Gasteiger partial charge < -0.3 is 9.69 Å². The van der Waals surface area contributed by atoms with Gasteiger partial charge in [-0.05, 0) is 38.5 Å². The molecular weight excluding hydrogens is 430 g/mol. The summed E-state index contributed by atoms with van der Waals surface area (Å²) in [6.07, 6.45) is 2.70. The molecule has 0 saturated carbocycles. The fraction of sp³-hybridized carbons (Fsp3) is 0.522. The third-order valence-electron chi connectivity index (χ3n) is 6.07. The van der Waals surface area contributed by atoms with Crippen molar-refractivity contribution in [2.45, 2.75) is 49.9 Å². The Hall–Kier alpha value is -1.67. The Kier molecular flexibility index (Phi) is 7.16. The van der Waals surface area contributed by atoms with Crippen molar-refractivity contribution >= 4 is 35.5 Å². The number of carbonyl (C=O) groups excluding carboxylic acids is 1. The van der Waals surface area contributed by atoms with Crippen LogP contribution in [0.5, 0.6) is 0 Å². The summed E-state index contributed by atoms with van der Waals surface area (Å²) in [5.41, 5.74) is 3.46. The number of piperazine rings is 1. The molecule has 2 aliphatic heterocycles. The molecule has 0 bridgehead atoms. The smallest absolute Gasteiger partial charge is 0.136 e. The molecule has 2 aromatic rings. The van der Waals surface area contributed by atoms with Crippen LogP contribution >= 0.6 is 23.4 Å². The van der Waals surface area contributed by atoms with Gasteiger partial charge in [-0.1, -0.05) is 23.7 Å². The lowest BCUT2D eigenvalue weighted by molar-refractivity contribution is -0.111. The van der Waals surface area contributed by atoms with Gasteiger partial charge in [0.1, 0.15) is 18.4 Å². The van der Waals surface area contributed by atoms with Gasteiger partial charge in [0.2, 0.25) is 0 Å². The molecule has 31 heavy (non-hydrogen) atoms. The van der Waals surface area contributed by atoms with E-state index in [4.69, 9.17) is 11.6 Å². The van der Waals surface area contributed by atoms with Crippen LogP contribution in [0.15, 0.2) is 30.6 Å². The Morgan fingerprint density at radius 2 is 1.87 bits per heavy atom. The zero-order chi connectivity index (χ0) is 22.0. The van der Waals surface area contributed by atoms with Gasteiger partial charge in [-0.15, -0.1) is 11.8 Å². The molecule has 4 rings (SSSR count). The molecule has 3 heterocycles. The van der Waals surface area contributed by atoms with Gasteiger partial charge in [-0.2, -0.15) is 0 Å². The molecule has 1 fully saturated rings. The lowest BCUT2D eigenvalue weighted by atomic mass is 9.95. The molecule has 2 unspecified atom stereocenters. The molecule has 0 spiro atoms. The minimum atomic E-state index is -0.258. The van der Waals surface area contributed by atoms with Gasteiger partial charge in [0.25, 0.3) is 0 Å². The van der Waals surface area contributed by atoms with Crippen LogP contribution in [-0.4, -0.2) is 59.5 Å². The minimum Gasteiger partial charge on any atom is -0.354 e. The third kappa shape index (κ3) is 4.90. The van der Waals surface area contributed by atoms with Crippen molar-refractivity contribution in [3.05, 3.63) is 52.4 Å². The van der Waals surface area contributed by atoms with Crippen molar-refractivity contribution in [1.29, 1.82) is 0 Å². The monoisotopic (exact) mass is 459 g/mol. The summed E-state index contributed by atoms with van der Waals surface area (Å²) in [5.74, 6) is 1.79. The first kappa shape index (κ1) is 22.5. The van der Waals surface area contributed by atoms with Crippen LogP contribution in [-0.2, 0) is 10.5 Å². The van der Waals surface area contributed by atoms with E-state index in [1.54, 1.807) is 6.33 Å². The summed E-state index contributed by atoms with van der Waals surface area (Å²) >= 11 is 7.99. The predicted octanol–water partition coefficient (Wildman–Crippen LogP) is 3.87. The summed E-state index contributed by atoms with van der Waals surface area (Å²) in [5, 5.41) is 4.75. The Labute approximate surface area is 193 Å². The largest absolute Gasteiger partial charge is 0.354 e. The number of fused-ring (bicyclic) bond motifs is 1. The molecule has 1 aromatic carbocycles. The molecule has 0 radical (unpaired) electrons. The summed E-state index contributed by atoms with van der Waals surface area (Å²) in [7, 11) is 0. The molecular formula is C23H30ClN5OS. The van der Waals surface area contributed by atoms with Crippen molar-refractivity contribution in [1.82, 2.24) is 20.2 Å². The van der Waals surface area contributed by atoms with Crippen LogP contribution in [0.25, 0.3) is 0 Å². The third-order valence-corrected chi connectivity index (χ3v) is 7.50. The van der Waals surface area contributed by atoms with E-state index in [9.17, 15) is 4.79 Å². The lowest BCUT2D eigenvalue weighted by Gasteiger charge is -2.43. The second-order valence-corrected chi connectivity index (χ2v) is 10.3. The van der Waals surface area contributed by atoms with E-state index < -0.39 is 0 Å². The normalized spacial score (nSPS) is 21.2. The van der Waals surface area contributed by atoms with Crippen LogP contribution < -0.4 is 10.2 Å². The SMILES string of the molecule is CC(C)NC(C(C=O)c1ccc(Cl)cc1)N1CCN(c2ncnc3c2[C@H](C)SC3)CC1. The Morgan fingerprint density at radius 3 is 2.52 bits per heavy atom. The van der Waals surface area contributed by atoms with Crippen LogP contribution in [0.3, 0.4) is 0 Å². The first-order valence-electron chi connectivity index (χ1n) is 10.9. The molecule has 0 aliphatic carbocycles. The molecule has 166 valence electrons. The van der Waals surface area contributed by atoms with E-state index in [2.05, 4.69) is 45.9 Å². The molecule has 1 aromatic heterocycles. The highest BCUT2D eigenvalue weighted by molar-refractivity contribution is 7.99. The summed E-state index contributed by atoms with van der Waals surface area (Å²) in [4.78, 5) is 26.1. The number of carbonyl (C=O) groups is 1. The zero-order valence-electron chi connectivity index (χ0n) is 18.3. The molecule has 2 aliphatic rings. The highest BCUT2D eigenvalue weighted by Gasteiger charge is 2.33. The number of hydrogen-bond donors (Lipinski definition) is 1. The number of hydrogen-bond acceptors (Lipinski definition) is 7. The van der Waals surface area contributed by atoms with Gasteiger partial charge in [0, 0.05) is 53.8 Å². The molecule has 3 atom stereocenters. The van der Waals surface area contributed by atoms with E-state index >= 15 is 0 Å². The van der Waals surface area contributed by atoms with Gasteiger partial charge in [-0.3, -0.25) is 10.2 Å². The van der Waals surface area contributed by atoms with Crippen LogP contribution in [0.4, 0.5) is 5.82 Å². The first-order chi connectivity index (χ1) is 15.0. The zero-order valence-corrected chi connectivity index (χ0v) is 19.9. The molecule has 8 heteroatoms. The van der Waals surface area contributed by atoms with Gasteiger partial charge in [0.05, 0.1) is 17.8 Å². The van der Waals surface area contributed by atoms with Crippen LogP contribution in [0, 0.1) is 0 Å². The average molecular weight is 460 g/mol. The maximum absolute atomic E-state index is 12.2. The van der Waals surface area contributed by atoms with E-state index in [-0.39, 0.29) is 18.1 Å². The highest BCUT2D eigenvalue weighted by atomic mass is 35.5. The molecule has 1 saturated heterocycles. The number of rotatable bonds is 7. The fourth-order valence-electron chi connectivity index (χ4n) is 4.50. The van der Waals surface area contributed by atoms with E-state index in [1.165, 1.54) is 11.3 Å². The van der Waals surface area contributed by atoms with E-state index in [1.807, 2.05) is 36.0 Å². The molecule has 0 amide bonds. The quantitative estimate of drug-likeness (QED) is 0.630. The maximum Gasteiger partial charge on any atom is 0.136 e. The Bertz CT molecular complexity index is 901. The Balaban J connectivity index is 1.51. The molecule has 1 N–H and O–H groups in total. The second kappa shape index (κ2) is 9.86. The fourth-order valence-corrected chi connectivity index (χ4v) is 5.67. The highest BCUT2D eigenvalue weighted by Crippen LogP contribution is 2.44. The van der Waals surface area contributed by atoms with Crippen molar-refractivity contribution in [3.8, 4) is 0 Å². The van der Waals surface area contributed by atoms with E-state index in [0.29, 0.717) is 10.3 Å². The van der Waals surface area contributed by atoms with Gasteiger partial charge in [-0.25, -0.2) is 9.97 Å². The number of halogens is 1. The van der Waals surface area contributed by atoms with Gasteiger partial charge >= 0.3 is 0 Å². The number of aldehydes is 1. The average Bonchev–Trinajstić information content (AvgIpc) is 3.16. The summed E-state index contributed by atoms with van der Waals surface area (Å²) in [6, 6.07) is 7.88. The van der Waals surface area contributed by atoms with Crippen molar-refractivity contribution < 1.29 is 4.79 Å². The number of anilines is 1. The predicted molar refractivity (Wildman–Crippen MR) is 128 cm³/mol. The Morgan fingerprint density at radius 1 is 1.16 bits per heavy atom. The van der Waals surface area contributed by atoms with Crippen molar-refractivity contribution in [2.75, 3.05) is 31.1 Å². The van der Waals surface area contributed by atoms with Crippen LogP contribution in [0.1, 0.15) is 48.8 Å². The second-order valence-electron chi connectivity index (χ2n) is 8.51. The van der Waals surface area contributed by atoms with Crippen molar-refractivity contribution in [2.24, 2.45) is 0 Å². The number of aromatic nitrogens is 2. The minimum absolute atomic E-state index is 0.0635. The van der Waals surface area contributed by atoms with Crippen molar-refractivity contribution in [3.63, 3.8) is 0 Å². The summed E-state index contributed by atoms with van der Waals surface area (Å²) in [6.45, 7) is 9.97.